The van der Waals surface area contributed by atoms with Gasteiger partial charge in [-0.2, -0.15) is 0 Å². The SMILES string of the molecule is C=CCn1c(=O)[nH]c(C)c(Cc2nnc(SCC(=O)NC(C)C)o2)c1=O. The molecule has 1 amide bonds. The van der Waals surface area contributed by atoms with Crippen LogP contribution in [0, 0.1) is 6.92 Å². The minimum absolute atomic E-state index is 0.0577. The number of hydrogen-bond donors (Lipinski definition) is 2. The first-order valence-electron chi connectivity index (χ1n) is 7.99. The number of carbonyl (C=O) groups excluding carboxylic acids is 1. The van der Waals surface area contributed by atoms with Gasteiger partial charge in [-0.3, -0.25) is 14.2 Å². The first-order chi connectivity index (χ1) is 12.3. The molecule has 0 fully saturated rings. The predicted molar refractivity (Wildman–Crippen MR) is 97.4 cm³/mol. The van der Waals surface area contributed by atoms with Gasteiger partial charge in [0.15, 0.2) is 0 Å². The molecule has 0 unspecified atom stereocenters. The molecule has 26 heavy (non-hydrogen) atoms. The molecule has 9 nitrogen and oxygen atoms in total. The van der Waals surface area contributed by atoms with Gasteiger partial charge in [0.05, 0.1) is 12.2 Å². The molecule has 0 bridgehead atoms. The highest BCUT2D eigenvalue weighted by molar-refractivity contribution is 7.99. The van der Waals surface area contributed by atoms with Crippen LogP contribution in [0.1, 0.15) is 31.0 Å². The normalized spacial score (nSPS) is 10.9. The summed E-state index contributed by atoms with van der Waals surface area (Å²) < 4.78 is 6.54. The highest BCUT2D eigenvalue weighted by Crippen LogP contribution is 2.17. The zero-order valence-corrected chi connectivity index (χ0v) is 15.7. The number of aromatic nitrogens is 4. The number of carbonyl (C=O) groups is 1. The third-order valence-corrected chi connectivity index (χ3v) is 4.18. The number of nitrogens with zero attached hydrogens (tertiary/aromatic N) is 3. The molecule has 0 aliphatic heterocycles. The van der Waals surface area contributed by atoms with Gasteiger partial charge in [0.1, 0.15) is 0 Å². The molecule has 0 aliphatic rings. The van der Waals surface area contributed by atoms with Crippen LogP contribution in [0.5, 0.6) is 0 Å². The molecule has 0 aliphatic carbocycles. The molecule has 0 saturated carbocycles. The summed E-state index contributed by atoms with van der Waals surface area (Å²) in [5.41, 5.74) is -0.0998. The van der Waals surface area contributed by atoms with Crippen molar-refractivity contribution < 1.29 is 9.21 Å². The Labute approximate surface area is 153 Å². The van der Waals surface area contributed by atoms with Crippen molar-refractivity contribution in [2.45, 2.75) is 45.0 Å². The van der Waals surface area contributed by atoms with E-state index in [0.29, 0.717) is 11.3 Å². The third kappa shape index (κ3) is 4.94. The minimum atomic E-state index is -0.492. The van der Waals surface area contributed by atoms with E-state index in [-0.39, 0.29) is 41.8 Å². The smallest absolute Gasteiger partial charge is 0.328 e. The van der Waals surface area contributed by atoms with Crippen LogP contribution in [0.2, 0.25) is 0 Å². The van der Waals surface area contributed by atoms with Crippen LogP contribution in [0.25, 0.3) is 0 Å². The fourth-order valence-corrected chi connectivity index (χ4v) is 2.82. The largest absolute Gasteiger partial charge is 0.416 e. The number of H-pyrrole nitrogens is 1. The van der Waals surface area contributed by atoms with Gasteiger partial charge in [-0.1, -0.05) is 17.8 Å². The second kappa shape index (κ2) is 8.65. The van der Waals surface area contributed by atoms with Gasteiger partial charge in [-0.05, 0) is 20.8 Å². The fraction of sp³-hybridized carbons (Fsp3) is 0.438. The van der Waals surface area contributed by atoms with Crippen LogP contribution in [0.4, 0.5) is 0 Å². The first kappa shape index (κ1) is 19.7. The zero-order chi connectivity index (χ0) is 19.3. The van der Waals surface area contributed by atoms with E-state index in [0.717, 1.165) is 16.3 Å². The number of aryl methyl sites for hydroxylation is 1. The number of aromatic amines is 1. The summed E-state index contributed by atoms with van der Waals surface area (Å²) in [4.78, 5) is 38.6. The fourth-order valence-electron chi connectivity index (χ4n) is 2.23. The summed E-state index contributed by atoms with van der Waals surface area (Å²) in [6, 6.07) is 0.0577. The van der Waals surface area contributed by atoms with Crippen molar-refractivity contribution in [2.24, 2.45) is 0 Å². The van der Waals surface area contributed by atoms with Crippen LogP contribution in [-0.4, -0.2) is 37.5 Å². The van der Waals surface area contributed by atoms with E-state index in [1.807, 2.05) is 13.8 Å². The predicted octanol–water partition coefficient (Wildman–Crippen LogP) is 0.622. The lowest BCUT2D eigenvalue weighted by molar-refractivity contribution is -0.119. The molecule has 0 saturated heterocycles. The Morgan fingerprint density at radius 3 is 2.81 bits per heavy atom. The highest BCUT2D eigenvalue weighted by Gasteiger charge is 2.16. The monoisotopic (exact) mass is 379 g/mol. The van der Waals surface area contributed by atoms with Gasteiger partial charge in [0, 0.05) is 23.8 Å². The lowest BCUT2D eigenvalue weighted by Gasteiger charge is -2.07. The van der Waals surface area contributed by atoms with Gasteiger partial charge < -0.3 is 14.7 Å². The maximum atomic E-state index is 12.5. The van der Waals surface area contributed by atoms with Crippen LogP contribution in [0.15, 0.2) is 31.9 Å². The molecular formula is C16H21N5O4S. The zero-order valence-electron chi connectivity index (χ0n) is 14.9. The quantitative estimate of drug-likeness (QED) is 0.509. The first-order valence-corrected chi connectivity index (χ1v) is 8.98. The van der Waals surface area contributed by atoms with E-state index in [2.05, 4.69) is 27.1 Å². The minimum Gasteiger partial charge on any atom is -0.416 e. The number of rotatable bonds is 8. The molecule has 2 aromatic rings. The molecular weight excluding hydrogens is 358 g/mol. The average molecular weight is 379 g/mol. The summed E-state index contributed by atoms with van der Waals surface area (Å²) in [7, 11) is 0. The maximum absolute atomic E-state index is 12.5. The van der Waals surface area contributed by atoms with E-state index in [9.17, 15) is 14.4 Å². The van der Waals surface area contributed by atoms with Gasteiger partial charge >= 0.3 is 5.69 Å². The molecule has 2 N–H and O–H groups in total. The van der Waals surface area contributed by atoms with Crippen molar-refractivity contribution in [3.63, 3.8) is 0 Å². The highest BCUT2D eigenvalue weighted by atomic mass is 32.2. The van der Waals surface area contributed by atoms with E-state index in [1.54, 1.807) is 6.92 Å². The topological polar surface area (TPSA) is 123 Å². The Morgan fingerprint density at radius 1 is 1.42 bits per heavy atom. The lowest BCUT2D eigenvalue weighted by Crippen LogP contribution is -2.37. The van der Waals surface area contributed by atoms with Crippen molar-refractivity contribution in [1.82, 2.24) is 25.1 Å². The molecule has 0 aromatic carbocycles. The van der Waals surface area contributed by atoms with Crippen molar-refractivity contribution in [1.29, 1.82) is 0 Å². The van der Waals surface area contributed by atoms with E-state index < -0.39 is 11.2 Å². The Bertz CT molecular complexity index is 912. The maximum Gasteiger partial charge on any atom is 0.328 e. The molecule has 10 heteroatoms. The standard InChI is InChI=1S/C16H21N5O4S/c1-5-6-21-14(23)11(10(4)18-15(21)24)7-13-19-20-16(25-13)26-8-12(22)17-9(2)3/h5,9H,1,6-8H2,2-4H3,(H,17,22)(H,18,24). The van der Waals surface area contributed by atoms with Gasteiger partial charge in [0.25, 0.3) is 10.8 Å². The second-order valence-corrected chi connectivity index (χ2v) is 6.81. The number of amides is 1. The number of allylic oxidation sites excluding steroid dienone is 1. The Hall–Kier alpha value is -2.62. The summed E-state index contributed by atoms with van der Waals surface area (Å²) in [5, 5.41) is 10.8. The molecule has 0 spiro atoms. The van der Waals surface area contributed by atoms with E-state index in [4.69, 9.17) is 4.42 Å². The van der Waals surface area contributed by atoms with Crippen molar-refractivity contribution >= 4 is 17.7 Å². The average Bonchev–Trinajstić information content (AvgIpc) is 3.00. The molecule has 2 heterocycles. The van der Waals surface area contributed by atoms with Crippen molar-refractivity contribution in [3.8, 4) is 0 Å². The molecule has 0 atom stereocenters. The third-order valence-electron chi connectivity index (χ3n) is 3.36. The number of hydrogen-bond acceptors (Lipinski definition) is 7. The molecule has 0 radical (unpaired) electrons. The summed E-state index contributed by atoms with van der Waals surface area (Å²) in [6.45, 7) is 9.04. The Morgan fingerprint density at radius 2 is 2.15 bits per heavy atom. The number of thioether (sulfide) groups is 1. The molecule has 2 aromatic heterocycles. The van der Waals surface area contributed by atoms with E-state index >= 15 is 0 Å². The van der Waals surface area contributed by atoms with Gasteiger partial charge in [0.2, 0.25) is 11.8 Å². The molecule has 2 rings (SSSR count). The second-order valence-electron chi connectivity index (χ2n) is 5.89. The summed E-state index contributed by atoms with van der Waals surface area (Å²) in [5.74, 6) is 0.256. The van der Waals surface area contributed by atoms with Crippen LogP contribution in [-0.2, 0) is 17.8 Å². The molecule has 140 valence electrons. The van der Waals surface area contributed by atoms with Gasteiger partial charge in [-0.25, -0.2) is 4.79 Å². The lowest BCUT2D eigenvalue weighted by atomic mass is 10.1. The number of nitrogens with one attached hydrogen (secondary N) is 2. The summed E-state index contributed by atoms with van der Waals surface area (Å²) in [6.07, 6.45) is 1.56. The van der Waals surface area contributed by atoms with Crippen LogP contribution in [0.3, 0.4) is 0 Å². The van der Waals surface area contributed by atoms with Crippen LogP contribution < -0.4 is 16.6 Å². The Kier molecular flexibility index (Phi) is 6.56. The van der Waals surface area contributed by atoms with Gasteiger partial charge in [-0.15, -0.1) is 16.8 Å². The van der Waals surface area contributed by atoms with Crippen molar-refractivity contribution in [3.05, 3.63) is 50.6 Å². The van der Waals surface area contributed by atoms with Crippen molar-refractivity contribution in [2.75, 3.05) is 5.75 Å². The van der Waals surface area contributed by atoms with E-state index in [1.165, 1.54) is 6.08 Å². The Balaban J connectivity index is 2.13. The summed E-state index contributed by atoms with van der Waals surface area (Å²) >= 11 is 1.12. The van der Waals surface area contributed by atoms with Crippen LogP contribution >= 0.6 is 11.8 Å².